The lowest BCUT2D eigenvalue weighted by Gasteiger charge is -2.28. The Kier molecular flexibility index (Phi) is 8.96. The summed E-state index contributed by atoms with van der Waals surface area (Å²) in [5.74, 6) is -1.73. The smallest absolute Gasteiger partial charge is 0.338 e. The van der Waals surface area contributed by atoms with Gasteiger partial charge >= 0.3 is 17.9 Å². The van der Waals surface area contributed by atoms with Gasteiger partial charge in [-0.2, -0.15) is 10.1 Å². The summed E-state index contributed by atoms with van der Waals surface area (Å²) in [5, 5.41) is 4.58. The number of carbonyl (C=O) groups excluding carboxylic acids is 3. The molecule has 35 heavy (non-hydrogen) atoms. The number of aromatic nitrogens is 4. The van der Waals surface area contributed by atoms with Crippen molar-refractivity contribution in [2.24, 2.45) is 0 Å². The molecule has 0 aliphatic rings. The molecule has 0 N–H and O–H groups in total. The van der Waals surface area contributed by atoms with Crippen molar-refractivity contribution in [1.82, 2.24) is 19.7 Å². The topological polar surface area (TPSA) is 132 Å². The van der Waals surface area contributed by atoms with Gasteiger partial charge in [-0.3, -0.25) is 9.59 Å². The Balaban J connectivity index is 1.90. The van der Waals surface area contributed by atoms with Crippen molar-refractivity contribution in [3.63, 3.8) is 0 Å². The molecular weight excluding hydrogens is 503 g/mol. The number of ether oxygens (including phenoxy) is 4. The van der Waals surface area contributed by atoms with Crippen LogP contribution in [0.3, 0.4) is 0 Å². The van der Waals surface area contributed by atoms with E-state index in [4.69, 9.17) is 42.1 Å². The molecule has 3 aromatic rings. The number of rotatable bonds is 10. The summed E-state index contributed by atoms with van der Waals surface area (Å²) in [6.45, 7) is 3.51. The molecule has 0 fully saturated rings. The van der Waals surface area contributed by atoms with E-state index in [0.717, 1.165) is 0 Å². The minimum absolute atomic E-state index is 0.0680. The Morgan fingerprint density at radius 2 is 1.69 bits per heavy atom. The minimum atomic E-state index is -1.09. The predicted octanol–water partition coefficient (Wildman–Crippen LogP) is 3.39. The Bertz CT molecular complexity index is 1210. The molecule has 0 spiro atoms. The first-order valence-corrected chi connectivity index (χ1v) is 11.2. The second kappa shape index (κ2) is 11.9. The number of esters is 3. The van der Waals surface area contributed by atoms with Gasteiger partial charge in [-0.25, -0.2) is 14.5 Å². The van der Waals surface area contributed by atoms with E-state index in [1.165, 1.54) is 24.7 Å². The molecule has 2 aromatic heterocycles. The van der Waals surface area contributed by atoms with Crippen LogP contribution >= 0.6 is 23.2 Å². The Morgan fingerprint density at radius 3 is 2.34 bits per heavy atom. The number of carbonyl (C=O) groups is 3. The molecule has 1 aromatic carbocycles. The average molecular weight is 525 g/mol. The van der Waals surface area contributed by atoms with Crippen LogP contribution in [0.25, 0.3) is 11.0 Å². The lowest BCUT2D eigenvalue weighted by atomic mass is 10.2. The third-order valence-electron chi connectivity index (χ3n) is 4.59. The molecular formula is C22H22Cl2N4O7. The Hall–Kier alpha value is -3.28. The summed E-state index contributed by atoms with van der Waals surface area (Å²) in [7, 11) is 0. The van der Waals surface area contributed by atoms with Crippen LogP contribution < -0.4 is 0 Å². The van der Waals surface area contributed by atoms with E-state index < -0.39 is 36.3 Å². The molecule has 0 saturated heterocycles. The fourth-order valence-electron chi connectivity index (χ4n) is 3.10. The maximum Gasteiger partial charge on any atom is 0.338 e. The van der Waals surface area contributed by atoms with Gasteiger partial charge in [-0.05, 0) is 30.7 Å². The van der Waals surface area contributed by atoms with Gasteiger partial charge in [0, 0.05) is 13.8 Å². The van der Waals surface area contributed by atoms with Crippen LogP contribution in [0.15, 0.2) is 36.5 Å². The first kappa shape index (κ1) is 26.3. The summed E-state index contributed by atoms with van der Waals surface area (Å²) in [6, 6.07) is 8.35. The summed E-state index contributed by atoms with van der Waals surface area (Å²) in [6.07, 6.45) is -1.54. The van der Waals surface area contributed by atoms with Gasteiger partial charge in [-0.1, -0.05) is 29.8 Å². The number of hydrogen-bond acceptors (Lipinski definition) is 10. The second-order valence-electron chi connectivity index (χ2n) is 7.34. The average Bonchev–Trinajstić information content (AvgIpc) is 3.22. The fraction of sp³-hybridized carbons (Fsp3) is 0.364. The highest BCUT2D eigenvalue weighted by atomic mass is 35.5. The van der Waals surface area contributed by atoms with Crippen LogP contribution in [0, 0.1) is 0 Å². The van der Waals surface area contributed by atoms with E-state index in [0.29, 0.717) is 10.9 Å². The number of hydrogen-bond donors (Lipinski definition) is 0. The summed E-state index contributed by atoms with van der Waals surface area (Å²) in [4.78, 5) is 43.5. The highest BCUT2D eigenvalue weighted by Gasteiger charge is 2.31. The van der Waals surface area contributed by atoms with Gasteiger partial charge < -0.3 is 18.9 Å². The van der Waals surface area contributed by atoms with E-state index in [-0.39, 0.29) is 29.3 Å². The number of nitrogens with zero attached hydrogens (tertiary/aromatic N) is 4. The maximum absolute atomic E-state index is 12.4. The molecule has 0 bridgehead atoms. The number of fused-ring (bicyclic) bond motifs is 1. The van der Waals surface area contributed by atoms with Crippen LogP contribution in [-0.2, 0) is 28.5 Å². The van der Waals surface area contributed by atoms with E-state index in [1.807, 2.05) is 0 Å². The van der Waals surface area contributed by atoms with Crippen LogP contribution in [0.2, 0.25) is 10.4 Å². The first-order chi connectivity index (χ1) is 16.7. The molecule has 13 heteroatoms. The molecule has 0 aliphatic carbocycles. The van der Waals surface area contributed by atoms with Crippen molar-refractivity contribution in [1.29, 1.82) is 0 Å². The summed E-state index contributed by atoms with van der Waals surface area (Å²) in [5.41, 5.74) is 0.550. The van der Waals surface area contributed by atoms with Crippen LogP contribution in [0.5, 0.6) is 0 Å². The van der Waals surface area contributed by atoms with Gasteiger partial charge in [0.1, 0.15) is 30.6 Å². The third-order valence-corrected chi connectivity index (χ3v) is 5.05. The minimum Gasteiger partial charge on any atom is -0.463 e. The molecule has 3 atom stereocenters. The molecule has 186 valence electrons. The molecule has 11 nitrogen and oxygen atoms in total. The Morgan fingerprint density at radius 1 is 1.00 bits per heavy atom. The summed E-state index contributed by atoms with van der Waals surface area (Å²) < 4.78 is 23.2. The van der Waals surface area contributed by atoms with Crippen LogP contribution in [0.1, 0.15) is 37.4 Å². The van der Waals surface area contributed by atoms with Crippen molar-refractivity contribution in [2.75, 3.05) is 13.2 Å². The van der Waals surface area contributed by atoms with Gasteiger partial charge in [0.2, 0.25) is 5.28 Å². The van der Waals surface area contributed by atoms with Crippen molar-refractivity contribution in [2.45, 2.75) is 39.2 Å². The van der Waals surface area contributed by atoms with Crippen LogP contribution in [0.4, 0.5) is 0 Å². The largest absolute Gasteiger partial charge is 0.463 e. The highest BCUT2D eigenvalue weighted by Crippen LogP contribution is 2.27. The molecule has 0 amide bonds. The van der Waals surface area contributed by atoms with Gasteiger partial charge in [0.15, 0.2) is 11.9 Å². The molecule has 3 rings (SSSR count). The Labute approximate surface area is 210 Å². The summed E-state index contributed by atoms with van der Waals surface area (Å²) >= 11 is 12.1. The molecule has 2 heterocycles. The second-order valence-corrected chi connectivity index (χ2v) is 8.04. The van der Waals surface area contributed by atoms with Gasteiger partial charge in [0.25, 0.3) is 0 Å². The molecule has 0 radical (unpaired) electrons. The van der Waals surface area contributed by atoms with E-state index in [1.54, 1.807) is 37.3 Å². The number of benzene rings is 1. The quantitative estimate of drug-likeness (QED) is 0.168. The maximum atomic E-state index is 12.4. The first-order valence-electron chi connectivity index (χ1n) is 10.4. The normalized spacial score (nSPS) is 13.6. The van der Waals surface area contributed by atoms with E-state index in [9.17, 15) is 14.4 Å². The third kappa shape index (κ3) is 7.10. The monoisotopic (exact) mass is 524 g/mol. The zero-order valence-corrected chi connectivity index (χ0v) is 20.5. The SMILES string of the molecule is CC(=O)OC[C@@H](COC(=O)c1ccccc1)O[C@H]([C@@H](C)OC(C)=O)n1ncc2c(Cl)nc(Cl)nc21. The van der Waals surface area contributed by atoms with Gasteiger partial charge in [0.05, 0.1) is 17.1 Å². The van der Waals surface area contributed by atoms with Crippen molar-refractivity contribution in [3.8, 4) is 0 Å². The van der Waals surface area contributed by atoms with E-state index >= 15 is 0 Å². The molecule has 0 unspecified atom stereocenters. The predicted molar refractivity (Wildman–Crippen MR) is 124 cm³/mol. The van der Waals surface area contributed by atoms with Gasteiger partial charge in [-0.15, -0.1) is 0 Å². The van der Waals surface area contributed by atoms with Crippen molar-refractivity contribution in [3.05, 3.63) is 52.5 Å². The molecule has 0 saturated carbocycles. The standard InChI is InChI=1S/C22H22Cl2N4O7/c1-12(34-14(3)30)20(28-19-17(9-25-28)18(23)26-22(24)27-19)35-16(10-32-13(2)29)11-33-21(31)15-7-5-4-6-8-15/h4-9,12,16,20H,10-11H2,1-3H3/t12-,16+,20-/m1/s1. The van der Waals surface area contributed by atoms with E-state index in [2.05, 4.69) is 15.1 Å². The van der Waals surface area contributed by atoms with Crippen LogP contribution in [-0.4, -0.2) is 63.1 Å². The fourth-order valence-corrected chi connectivity index (χ4v) is 3.52. The van der Waals surface area contributed by atoms with Crippen molar-refractivity contribution < 1.29 is 33.3 Å². The zero-order chi connectivity index (χ0) is 25.5. The zero-order valence-electron chi connectivity index (χ0n) is 19.0. The lowest BCUT2D eigenvalue weighted by molar-refractivity contribution is -0.177. The number of halogens is 2. The van der Waals surface area contributed by atoms with Crippen molar-refractivity contribution >= 4 is 52.1 Å². The molecule has 0 aliphatic heterocycles. The lowest BCUT2D eigenvalue weighted by Crippen LogP contribution is -2.37. The highest BCUT2D eigenvalue weighted by molar-refractivity contribution is 6.35.